The molecule has 2 saturated heterocycles. The summed E-state index contributed by atoms with van der Waals surface area (Å²) in [5.74, 6) is 1.21. The van der Waals surface area contributed by atoms with Gasteiger partial charge >= 0.3 is 6.01 Å². The van der Waals surface area contributed by atoms with Crippen molar-refractivity contribution in [3.05, 3.63) is 46.1 Å². The number of nitrogens with one attached hydrogen (secondary N) is 1. The fourth-order valence-corrected chi connectivity index (χ4v) is 8.29. The summed E-state index contributed by atoms with van der Waals surface area (Å²) in [4.78, 5) is 16.8. The van der Waals surface area contributed by atoms with Gasteiger partial charge in [0.15, 0.2) is 0 Å². The first-order chi connectivity index (χ1) is 20.2. The van der Waals surface area contributed by atoms with Crippen LogP contribution in [-0.4, -0.2) is 84.6 Å². The predicted molar refractivity (Wildman–Crippen MR) is 167 cm³/mol. The van der Waals surface area contributed by atoms with Crippen LogP contribution in [0.4, 0.5) is 15.9 Å². The number of phenolic OH excluding ortho intramolecular Hbond substituents is 1. The molecule has 4 heterocycles. The predicted octanol–water partition coefficient (Wildman–Crippen LogP) is 5.05. The molecule has 42 heavy (non-hydrogen) atoms. The van der Waals surface area contributed by atoms with Crippen LogP contribution in [-0.2, 0) is 13.0 Å². The number of fused-ring (bicyclic) bond motifs is 4. The Hall–Kier alpha value is -2.69. The van der Waals surface area contributed by atoms with E-state index < -0.39 is 11.1 Å². The minimum absolute atomic E-state index is 0.242. The Balaban J connectivity index is 1.24. The Morgan fingerprint density at radius 1 is 1.17 bits per heavy atom. The molecule has 2 bridgehead atoms. The average Bonchev–Trinajstić information content (AvgIpc) is 3.39. The number of ether oxygens (including phenoxy) is 1. The van der Waals surface area contributed by atoms with Gasteiger partial charge in [0.25, 0.3) is 0 Å². The van der Waals surface area contributed by atoms with Crippen LogP contribution in [0.1, 0.15) is 43.9 Å². The summed E-state index contributed by atoms with van der Waals surface area (Å²) in [5.41, 5.74) is 1.32. The fourth-order valence-electron chi connectivity index (χ4n) is 7.71. The lowest BCUT2D eigenvalue weighted by Crippen LogP contribution is -2.52. The number of aromatic nitrogens is 2. The lowest BCUT2D eigenvalue weighted by molar-refractivity contribution is 0.116. The number of hydrogen-bond donors (Lipinski definition) is 2. The molecular formula is C32H40BrFN6O2. The smallest absolute Gasteiger partial charge is 0.318 e. The molecule has 2 aromatic carbocycles. The van der Waals surface area contributed by atoms with Crippen molar-refractivity contribution in [3.8, 4) is 11.8 Å². The van der Waals surface area contributed by atoms with Crippen molar-refractivity contribution in [1.82, 2.24) is 20.2 Å². The molecular weight excluding hydrogens is 599 g/mol. The van der Waals surface area contributed by atoms with Crippen molar-refractivity contribution < 1.29 is 14.2 Å². The molecule has 0 spiro atoms. The number of alkyl halides is 1. The average molecular weight is 640 g/mol. The Morgan fingerprint density at radius 2 is 1.95 bits per heavy atom. The minimum Gasteiger partial charge on any atom is -0.508 e. The van der Waals surface area contributed by atoms with Gasteiger partial charge in [-0.25, -0.2) is 4.39 Å². The van der Waals surface area contributed by atoms with E-state index in [0.29, 0.717) is 44.0 Å². The molecule has 4 atom stereocenters. The number of rotatable bonds is 8. The Morgan fingerprint density at radius 3 is 2.67 bits per heavy atom. The Kier molecular flexibility index (Phi) is 7.02. The highest BCUT2D eigenvalue weighted by Crippen LogP contribution is 2.61. The van der Waals surface area contributed by atoms with Gasteiger partial charge in [-0.2, -0.15) is 9.97 Å². The third kappa shape index (κ3) is 4.89. The molecule has 0 amide bonds. The fraction of sp³-hybridized carbons (Fsp3) is 0.562. The maximum absolute atomic E-state index is 15.6. The zero-order valence-electron chi connectivity index (χ0n) is 24.7. The van der Waals surface area contributed by atoms with Crippen molar-refractivity contribution >= 4 is 38.2 Å². The summed E-state index contributed by atoms with van der Waals surface area (Å²) < 4.78 is 22.9. The molecule has 2 N–H and O–H groups in total. The highest BCUT2D eigenvalue weighted by atomic mass is 79.9. The molecule has 1 saturated carbocycles. The van der Waals surface area contributed by atoms with Crippen LogP contribution in [0.2, 0.25) is 0 Å². The first-order valence-electron chi connectivity index (χ1n) is 15.2. The number of benzene rings is 2. The molecule has 10 heteroatoms. The van der Waals surface area contributed by atoms with E-state index in [0.717, 1.165) is 58.5 Å². The summed E-state index contributed by atoms with van der Waals surface area (Å²) in [6, 6.07) is 11.0. The molecule has 8 nitrogen and oxygen atoms in total. The number of piperazine rings is 1. The van der Waals surface area contributed by atoms with E-state index in [9.17, 15) is 5.11 Å². The van der Waals surface area contributed by atoms with E-state index >= 15 is 4.39 Å². The molecule has 0 radical (unpaired) electrons. The molecule has 7 rings (SSSR count). The lowest BCUT2D eigenvalue weighted by atomic mass is 10.0. The van der Waals surface area contributed by atoms with Gasteiger partial charge in [-0.3, -0.25) is 0 Å². The van der Waals surface area contributed by atoms with Gasteiger partial charge in [0.05, 0.1) is 17.7 Å². The summed E-state index contributed by atoms with van der Waals surface area (Å²) >= 11 is 3.74. The lowest BCUT2D eigenvalue weighted by Gasteiger charge is -2.37. The van der Waals surface area contributed by atoms with E-state index in [1.54, 1.807) is 6.07 Å². The van der Waals surface area contributed by atoms with Gasteiger partial charge in [0, 0.05) is 65.4 Å². The van der Waals surface area contributed by atoms with Gasteiger partial charge in [-0.05, 0) is 63.7 Å². The van der Waals surface area contributed by atoms with Crippen molar-refractivity contribution in [2.75, 3.05) is 56.7 Å². The third-order valence-electron chi connectivity index (χ3n) is 9.87. The van der Waals surface area contributed by atoms with E-state index in [1.807, 2.05) is 50.2 Å². The van der Waals surface area contributed by atoms with Gasteiger partial charge in [-0.15, -0.1) is 0 Å². The monoisotopic (exact) mass is 638 g/mol. The Bertz CT molecular complexity index is 1510. The zero-order valence-corrected chi connectivity index (χ0v) is 26.3. The maximum Gasteiger partial charge on any atom is 0.318 e. The van der Waals surface area contributed by atoms with E-state index in [4.69, 9.17) is 14.7 Å². The van der Waals surface area contributed by atoms with Crippen LogP contribution in [0.5, 0.6) is 11.8 Å². The van der Waals surface area contributed by atoms with Crippen LogP contribution < -0.4 is 19.9 Å². The number of phenols is 1. The number of hydrogen-bond acceptors (Lipinski definition) is 8. The van der Waals surface area contributed by atoms with E-state index in [1.165, 1.54) is 18.4 Å². The molecule has 4 unspecified atom stereocenters. The quantitative estimate of drug-likeness (QED) is 0.355. The van der Waals surface area contributed by atoms with Crippen LogP contribution in [0.3, 0.4) is 0 Å². The third-order valence-corrected chi connectivity index (χ3v) is 10.5. The number of anilines is 2. The maximum atomic E-state index is 15.6. The molecule has 224 valence electrons. The Labute approximate surface area is 255 Å². The second kappa shape index (κ2) is 10.5. The summed E-state index contributed by atoms with van der Waals surface area (Å²) in [5, 5.41) is 16.4. The SMILES string of the molecule is CCC1(F)CC1(COc1nc2c(c(N3CC4CCC(C3)N4)n1)CCN(c1cc(O)cc3cccc(Br)c13)C2)CN(C)C. The van der Waals surface area contributed by atoms with Crippen molar-refractivity contribution in [3.63, 3.8) is 0 Å². The van der Waals surface area contributed by atoms with Crippen LogP contribution in [0.25, 0.3) is 10.8 Å². The minimum atomic E-state index is -1.22. The molecule has 1 aliphatic carbocycles. The second-order valence-electron chi connectivity index (χ2n) is 13.1. The van der Waals surface area contributed by atoms with Crippen molar-refractivity contribution in [2.24, 2.45) is 5.41 Å². The van der Waals surface area contributed by atoms with Crippen molar-refractivity contribution in [1.29, 1.82) is 0 Å². The van der Waals surface area contributed by atoms with E-state index in [2.05, 4.69) is 31.0 Å². The van der Waals surface area contributed by atoms with Crippen molar-refractivity contribution in [2.45, 2.75) is 63.3 Å². The van der Waals surface area contributed by atoms with Gasteiger partial charge < -0.3 is 29.9 Å². The van der Waals surface area contributed by atoms with Gasteiger partial charge in [-0.1, -0.05) is 35.0 Å². The van der Waals surface area contributed by atoms with Crippen LogP contribution in [0, 0.1) is 5.41 Å². The molecule has 3 aliphatic heterocycles. The molecule has 3 fully saturated rings. The highest BCUT2D eigenvalue weighted by Gasteiger charge is 2.68. The number of halogens is 2. The standard InChI is InChI=1S/C32H40BrFN6O2/c1-4-32(34)17-31(32,18-38(2)3)19-42-30-36-26-16-39(27-13-23(41)12-20-6-5-7-25(33)28(20)27)11-10-24(26)29(37-30)40-14-21-8-9-22(15-40)35-21/h5-7,12-13,21-22,35,41H,4,8-11,14-19H2,1-3H3. The van der Waals surface area contributed by atoms with E-state index in [-0.39, 0.29) is 12.4 Å². The summed E-state index contributed by atoms with van der Waals surface area (Å²) in [6.07, 6.45) is 4.15. The molecule has 4 aliphatic rings. The number of nitrogens with zero attached hydrogens (tertiary/aromatic N) is 5. The molecule has 3 aromatic rings. The van der Waals surface area contributed by atoms with Crippen LogP contribution in [0.15, 0.2) is 34.8 Å². The topological polar surface area (TPSA) is 77.0 Å². The summed E-state index contributed by atoms with van der Waals surface area (Å²) in [6.45, 7) is 6.00. The highest BCUT2D eigenvalue weighted by molar-refractivity contribution is 9.10. The van der Waals surface area contributed by atoms with Gasteiger partial charge in [0.2, 0.25) is 0 Å². The second-order valence-corrected chi connectivity index (χ2v) is 13.9. The molecule has 1 aromatic heterocycles. The largest absolute Gasteiger partial charge is 0.508 e. The number of aromatic hydroxyl groups is 1. The first kappa shape index (κ1) is 28.1. The summed E-state index contributed by atoms with van der Waals surface area (Å²) in [7, 11) is 3.97. The van der Waals surface area contributed by atoms with Gasteiger partial charge in [0.1, 0.15) is 23.8 Å². The zero-order chi connectivity index (χ0) is 29.2. The normalized spacial score (nSPS) is 28.4. The first-order valence-corrected chi connectivity index (χ1v) is 16.0. The van der Waals surface area contributed by atoms with Crippen LogP contribution >= 0.6 is 15.9 Å².